The van der Waals surface area contributed by atoms with Crippen molar-refractivity contribution in [2.45, 2.75) is 4.90 Å². The summed E-state index contributed by atoms with van der Waals surface area (Å²) in [6.45, 7) is 0. The van der Waals surface area contributed by atoms with Gasteiger partial charge in [-0.05, 0) is 48.5 Å². The molecule has 0 bridgehead atoms. The van der Waals surface area contributed by atoms with Gasteiger partial charge >= 0.3 is 0 Å². The Morgan fingerprint density at radius 1 is 1.07 bits per heavy atom. The second-order valence-electron chi connectivity index (χ2n) is 5.44. The van der Waals surface area contributed by atoms with Crippen LogP contribution in [0.5, 0.6) is 11.6 Å². The lowest BCUT2D eigenvalue weighted by molar-refractivity contribution is 0.1000. The van der Waals surface area contributed by atoms with Gasteiger partial charge in [0.15, 0.2) is 0 Å². The first-order valence-corrected chi connectivity index (χ1v) is 9.52. The van der Waals surface area contributed by atoms with Crippen LogP contribution in [0, 0.1) is 0 Å². The zero-order valence-electron chi connectivity index (χ0n) is 13.8. The molecule has 7 nitrogen and oxygen atoms in total. The fourth-order valence-electron chi connectivity index (χ4n) is 2.16. The topological polar surface area (TPSA) is 111 Å². The molecule has 2 aromatic carbocycles. The average molecular weight is 404 g/mol. The van der Waals surface area contributed by atoms with Crippen molar-refractivity contribution in [2.24, 2.45) is 5.73 Å². The predicted octanol–water partition coefficient (Wildman–Crippen LogP) is 3.43. The maximum absolute atomic E-state index is 12.3. The minimum atomic E-state index is -3.76. The largest absolute Gasteiger partial charge is 0.439 e. The molecule has 0 aliphatic carbocycles. The van der Waals surface area contributed by atoms with E-state index in [4.69, 9.17) is 22.1 Å². The Bertz CT molecular complexity index is 1070. The number of halogens is 1. The highest BCUT2D eigenvalue weighted by atomic mass is 35.5. The molecule has 1 heterocycles. The summed E-state index contributed by atoms with van der Waals surface area (Å²) in [7, 11) is -3.76. The Labute approximate surface area is 160 Å². The smallest absolute Gasteiger partial charge is 0.261 e. The summed E-state index contributed by atoms with van der Waals surface area (Å²) in [5.74, 6) is 0.0414. The summed E-state index contributed by atoms with van der Waals surface area (Å²) < 4.78 is 32.6. The van der Waals surface area contributed by atoms with Crippen molar-refractivity contribution >= 4 is 33.2 Å². The highest BCUT2D eigenvalue weighted by Gasteiger charge is 2.14. The maximum Gasteiger partial charge on any atom is 0.261 e. The van der Waals surface area contributed by atoms with Crippen LogP contribution in [-0.2, 0) is 10.0 Å². The van der Waals surface area contributed by atoms with E-state index in [1.165, 1.54) is 48.7 Å². The minimum absolute atomic E-state index is 0.0792. The van der Waals surface area contributed by atoms with E-state index in [9.17, 15) is 13.2 Å². The van der Waals surface area contributed by atoms with Gasteiger partial charge in [-0.15, -0.1) is 0 Å². The van der Waals surface area contributed by atoms with E-state index in [0.29, 0.717) is 16.3 Å². The molecule has 3 N–H and O–H groups in total. The molecule has 0 fully saturated rings. The first-order valence-electron chi connectivity index (χ1n) is 7.66. The number of ether oxygens (including phenoxy) is 1. The van der Waals surface area contributed by atoms with Crippen molar-refractivity contribution in [1.82, 2.24) is 4.98 Å². The van der Waals surface area contributed by atoms with E-state index in [0.717, 1.165) is 0 Å². The summed E-state index contributed by atoms with van der Waals surface area (Å²) in [5, 5.41) is 0.442. The zero-order chi connectivity index (χ0) is 19.4. The molecule has 0 saturated heterocycles. The molecule has 27 heavy (non-hydrogen) atoms. The molecular weight excluding hydrogens is 390 g/mol. The zero-order valence-corrected chi connectivity index (χ0v) is 15.4. The fraction of sp³-hybridized carbons (Fsp3) is 0. The third-order valence-corrected chi connectivity index (χ3v) is 5.10. The number of benzene rings is 2. The van der Waals surface area contributed by atoms with Gasteiger partial charge in [0.25, 0.3) is 10.0 Å². The number of hydrogen-bond acceptors (Lipinski definition) is 5. The fourth-order valence-corrected chi connectivity index (χ4v) is 3.33. The van der Waals surface area contributed by atoms with Crippen LogP contribution in [0.15, 0.2) is 71.8 Å². The number of amides is 1. The Morgan fingerprint density at radius 2 is 1.81 bits per heavy atom. The van der Waals surface area contributed by atoms with Crippen LogP contribution in [-0.4, -0.2) is 19.3 Å². The van der Waals surface area contributed by atoms with Crippen LogP contribution in [0.25, 0.3) is 0 Å². The normalized spacial score (nSPS) is 11.0. The SMILES string of the molecule is NC(=O)c1cccc(Oc2ccc(NS(=O)(=O)c3ccc(Cl)cc3)cn2)c1. The van der Waals surface area contributed by atoms with Crippen LogP contribution >= 0.6 is 11.6 Å². The quantitative estimate of drug-likeness (QED) is 0.654. The second-order valence-corrected chi connectivity index (χ2v) is 7.56. The number of pyridine rings is 1. The van der Waals surface area contributed by atoms with Crippen LogP contribution in [0.3, 0.4) is 0 Å². The third kappa shape index (κ3) is 4.75. The minimum Gasteiger partial charge on any atom is -0.439 e. The molecule has 0 aliphatic rings. The number of anilines is 1. The van der Waals surface area contributed by atoms with Crippen LogP contribution in [0.4, 0.5) is 5.69 Å². The number of nitrogens with zero attached hydrogens (tertiary/aromatic N) is 1. The van der Waals surface area contributed by atoms with Gasteiger partial charge in [0.2, 0.25) is 11.8 Å². The number of primary amides is 1. The van der Waals surface area contributed by atoms with Crippen molar-refractivity contribution in [2.75, 3.05) is 4.72 Å². The van der Waals surface area contributed by atoms with E-state index in [1.54, 1.807) is 18.2 Å². The number of carbonyl (C=O) groups is 1. The number of rotatable bonds is 6. The summed E-state index contributed by atoms with van der Waals surface area (Å²) in [6.07, 6.45) is 1.32. The summed E-state index contributed by atoms with van der Waals surface area (Å²) in [6, 6.07) is 15.1. The van der Waals surface area contributed by atoms with Crippen molar-refractivity contribution in [1.29, 1.82) is 0 Å². The number of nitrogens with one attached hydrogen (secondary N) is 1. The molecule has 0 radical (unpaired) electrons. The lowest BCUT2D eigenvalue weighted by Gasteiger charge is -2.09. The van der Waals surface area contributed by atoms with Crippen molar-refractivity contribution < 1.29 is 17.9 Å². The summed E-state index contributed by atoms with van der Waals surface area (Å²) >= 11 is 5.77. The number of sulfonamides is 1. The lowest BCUT2D eigenvalue weighted by atomic mass is 10.2. The standard InChI is InChI=1S/C18H14ClN3O4S/c19-13-4-7-16(8-5-13)27(24,25)22-14-6-9-17(21-11-14)26-15-3-1-2-12(10-15)18(20)23/h1-11,22H,(H2,20,23). The number of aromatic nitrogens is 1. The molecule has 3 aromatic rings. The Kier molecular flexibility index (Phi) is 5.29. The van der Waals surface area contributed by atoms with Gasteiger partial charge in [-0.2, -0.15) is 0 Å². The first-order chi connectivity index (χ1) is 12.8. The molecule has 1 aromatic heterocycles. The predicted molar refractivity (Wildman–Crippen MR) is 102 cm³/mol. The van der Waals surface area contributed by atoms with Crippen LogP contribution in [0.1, 0.15) is 10.4 Å². The van der Waals surface area contributed by atoms with Crippen molar-refractivity contribution in [3.63, 3.8) is 0 Å². The molecule has 0 unspecified atom stereocenters. The summed E-state index contributed by atoms with van der Waals surface area (Å²) in [4.78, 5) is 15.3. The van der Waals surface area contributed by atoms with Gasteiger partial charge < -0.3 is 10.5 Å². The van der Waals surface area contributed by atoms with E-state index < -0.39 is 15.9 Å². The Hall–Kier alpha value is -3.10. The molecule has 0 atom stereocenters. The molecular formula is C18H14ClN3O4S. The Balaban J connectivity index is 1.73. The van der Waals surface area contributed by atoms with Gasteiger partial charge in [0, 0.05) is 16.7 Å². The van der Waals surface area contributed by atoms with Gasteiger partial charge in [0.05, 0.1) is 16.8 Å². The molecule has 0 saturated carbocycles. The molecule has 138 valence electrons. The van der Waals surface area contributed by atoms with E-state index in [-0.39, 0.29) is 16.5 Å². The highest BCUT2D eigenvalue weighted by molar-refractivity contribution is 7.92. The first kappa shape index (κ1) is 18.7. The van der Waals surface area contributed by atoms with Gasteiger partial charge in [-0.3, -0.25) is 9.52 Å². The molecule has 0 aliphatic heterocycles. The molecule has 3 rings (SSSR count). The Morgan fingerprint density at radius 3 is 2.44 bits per heavy atom. The number of nitrogens with two attached hydrogens (primary N) is 1. The molecule has 9 heteroatoms. The van der Waals surface area contributed by atoms with Crippen molar-refractivity contribution in [3.8, 4) is 11.6 Å². The van der Waals surface area contributed by atoms with Crippen LogP contribution < -0.4 is 15.2 Å². The number of hydrogen-bond donors (Lipinski definition) is 2. The average Bonchev–Trinajstić information content (AvgIpc) is 2.64. The van der Waals surface area contributed by atoms with Crippen LogP contribution in [0.2, 0.25) is 5.02 Å². The van der Waals surface area contributed by atoms with E-state index >= 15 is 0 Å². The third-order valence-electron chi connectivity index (χ3n) is 3.45. The highest BCUT2D eigenvalue weighted by Crippen LogP contribution is 2.23. The van der Waals surface area contributed by atoms with E-state index in [1.807, 2.05) is 0 Å². The van der Waals surface area contributed by atoms with Gasteiger partial charge in [-0.1, -0.05) is 17.7 Å². The number of carbonyl (C=O) groups excluding carboxylic acids is 1. The van der Waals surface area contributed by atoms with Crippen molar-refractivity contribution in [3.05, 3.63) is 77.4 Å². The molecule has 0 spiro atoms. The monoisotopic (exact) mass is 403 g/mol. The van der Waals surface area contributed by atoms with E-state index in [2.05, 4.69) is 9.71 Å². The maximum atomic E-state index is 12.3. The molecule has 1 amide bonds. The summed E-state index contributed by atoms with van der Waals surface area (Å²) in [5.41, 5.74) is 5.80. The second kappa shape index (κ2) is 7.65. The van der Waals surface area contributed by atoms with Gasteiger partial charge in [-0.25, -0.2) is 13.4 Å². The lowest BCUT2D eigenvalue weighted by Crippen LogP contribution is -2.13. The van der Waals surface area contributed by atoms with Gasteiger partial charge in [0.1, 0.15) is 5.75 Å².